The number of hydrogen-bond donors (Lipinski definition) is 2. The topological polar surface area (TPSA) is 48.9 Å². The van der Waals surface area contributed by atoms with Crippen LogP contribution in [0.4, 0.5) is 0 Å². The van der Waals surface area contributed by atoms with Gasteiger partial charge in [-0.15, -0.1) is 0 Å². The summed E-state index contributed by atoms with van der Waals surface area (Å²) < 4.78 is 0. The number of aliphatic hydroxyl groups is 1. The van der Waals surface area contributed by atoms with Crippen LogP contribution < -0.4 is 0 Å². The Balaban J connectivity index is 2.22. The second-order valence-electron chi connectivity index (χ2n) is 3.25. The minimum absolute atomic E-state index is 0.0898. The summed E-state index contributed by atoms with van der Waals surface area (Å²) in [7, 11) is 0. The van der Waals surface area contributed by atoms with E-state index in [1.54, 1.807) is 24.2 Å². The Labute approximate surface area is 92.6 Å². The first-order chi connectivity index (χ1) is 7.29. The number of imidazole rings is 1. The number of aromatic nitrogens is 2. The van der Waals surface area contributed by atoms with Crippen LogP contribution in [0.2, 0.25) is 0 Å². The SMILES string of the molecule is Cc1cc(CO)ccc1Sc1ncc[nH]1. The fraction of sp³-hybridized carbons (Fsp3) is 0.182. The molecule has 0 amide bonds. The molecule has 1 aromatic heterocycles. The highest BCUT2D eigenvalue weighted by molar-refractivity contribution is 7.99. The van der Waals surface area contributed by atoms with Crippen LogP contribution in [0, 0.1) is 6.92 Å². The zero-order valence-electron chi connectivity index (χ0n) is 8.40. The van der Waals surface area contributed by atoms with E-state index in [0.29, 0.717) is 0 Å². The summed E-state index contributed by atoms with van der Waals surface area (Å²) in [4.78, 5) is 8.35. The highest BCUT2D eigenvalue weighted by Gasteiger charge is 2.03. The zero-order chi connectivity index (χ0) is 10.7. The lowest BCUT2D eigenvalue weighted by Crippen LogP contribution is -1.87. The molecule has 0 aliphatic heterocycles. The summed E-state index contributed by atoms with van der Waals surface area (Å²) in [5, 5.41) is 9.87. The molecule has 0 saturated carbocycles. The van der Waals surface area contributed by atoms with E-state index >= 15 is 0 Å². The van der Waals surface area contributed by atoms with E-state index in [1.165, 1.54) is 0 Å². The average molecular weight is 220 g/mol. The fourth-order valence-electron chi connectivity index (χ4n) is 1.34. The predicted molar refractivity (Wildman–Crippen MR) is 59.8 cm³/mol. The lowest BCUT2D eigenvalue weighted by Gasteiger charge is -2.04. The van der Waals surface area contributed by atoms with Gasteiger partial charge in [0.05, 0.1) is 6.61 Å². The van der Waals surface area contributed by atoms with Gasteiger partial charge in [-0.05, 0) is 24.1 Å². The summed E-state index contributed by atoms with van der Waals surface area (Å²) in [6.07, 6.45) is 3.54. The maximum Gasteiger partial charge on any atom is 0.170 e. The molecule has 0 unspecified atom stereocenters. The third kappa shape index (κ3) is 2.40. The van der Waals surface area contributed by atoms with Crippen LogP contribution in [0.25, 0.3) is 0 Å². The second kappa shape index (κ2) is 4.51. The highest BCUT2D eigenvalue weighted by Crippen LogP contribution is 2.27. The first kappa shape index (κ1) is 10.3. The second-order valence-corrected chi connectivity index (χ2v) is 4.29. The molecule has 2 N–H and O–H groups in total. The standard InChI is InChI=1S/C11H12N2OS/c1-8-6-9(7-14)2-3-10(8)15-11-12-4-5-13-11/h2-6,14H,7H2,1H3,(H,12,13). The smallest absolute Gasteiger partial charge is 0.170 e. The molecule has 0 saturated heterocycles. The Hall–Kier alpha value is -1.26. The molecule has 0 atom stereocenters. The van der Waals surface area contributed by atoms with Crippen molar-refractivity contribution in [1.82, 2.24) is 9.97 Å². The molecule has 3 nitrogen and oxygen atoms in total. The molecule has 15 heavy (non-hydrogen) atoms. The Kier molecular flexibility index (Phi) is 3.08. The summed E-state index contributed by atoms with van der Waals surface area (Å²) in [5.74, 6) is 0. The molecule has 0 radical (unpaired) electrons. The monoisotopic (exact) mass is 220 g/mol. The lowest BCUT2D eigenvalue weighted by molar-refractivity contribution is 0.281. The Morgan fingerprint density at radius 1 is 1.47 bits per heavy atom. The third-order valence-electron chi connectivity index (χ3n) is 2.10. The van der Waals surface area contributed by atoms with Crippen LogP contribution in [0.5, 0.6) is 0 Å². The zero-order valence-corrected chi connectivity index (χ0v) is 9.21. The lowest BCUT2D eigenvalue weighted by atomic mass is 10.1. The van der Waals surface area contributed by atoms with E-state index in [-0.39, 0.29) is 6.61 Å². The van der Waals surface area contributed by atoms with E-state index in [4.69, 9.17) is 5.11 Å². The van der Waals surface area contributed by atoms with Crippen LogP contribution in [-0.2, 0) is 6.61 Å². The van der Waals surface area contributed by atoms with Crippen molar-refractivity contribution in [2.45, 2.75) is 23.6 Å². The predicted octanol–water partition coefficient (Wildman–Crippen LogP) is 2.36. The minimum atomic E-state index is 0.0898. The van der Waals surface area contributed by atoms with E-state index in [1.807, 2.05) is 25.1 Å². The van der Waals surface area contributed by atoms with Gasteiger partial charge in [0.25, 0.3) is 0 Å². The average Bonchev–Trinajstić information content (AvgIpc) is 2.74. The molecular formula is C11H12N2OS. The minimum Gasteiger partial charge on any atom is -0.392 e. The van der Waals surface area contributed by atoms with Crippen LogP contribution in [-0.4, -0.2) is 15.1 Å². The number of H-pyrrole nitrogens is 1. The van der Waals surface area contributed by atoms with Crippen molar-refractivity contribution in [2.24, 2.45) is 0 Å². The molecule has 0 fully saturated rings. The van der Waals surface area contributed by atoms with Crippen molar-refractivity contribution >= 4 is 11.8 Å². The van der Waals surface area contributed by atoms with Crippen LogP contribution in [0.15, 0.2) is 40.6 Å². The van der Waals surface area contributed by atoms with Gasteiger partial charge in [-0.25, -0.2) is 4.98 Å². The van der Waals surface area contributed by atoms with Crippen molar-refractivity contribution in [3.8, 4) is 0 Å². The van der Waals surface area contributed by atoms with Crippen LogP contribution in [0.1, 0.15) is 11.1 Å². The highest BCUT2D eigenvalue weighted by atomic mass is 32.2. The normalized spacial score (nSPS) is 10.5. The Morgan fingerprint density at radius 2 is 2.33 bits per heavy atom. The first-order valence-electron chi connectivity index (χ1n) is 4.67. The summed E-state index contributed by atoms with van der Waals surface area (Å²) in [6.45, 7) is 2.12. The van der Waals surface area contributed by atoms with E-state index < -0.39 is 0 Å². The van der Waals surface area contributed by atoms with Crippen LogP contribution in [0.3, 0.4) is 0 Å². The van der Waals surface area contributed by atoms with Gasteiger partial charge in [0.15, 0.2) is 5.16 Å². The number of nitrogens with zero attached hydrogens (tertiary/aromatic N) is 1. The van der Waals surface area contributed by atoms with Gasteiger partial charge < -0.3 is 10.1 Å². The number of aromatic amines is 1. The van der Waals surface area contributed by atoms with Crippen molar-refractivity contribution in [2.75, 3.05) is 0 Å². The van der Waals surface area contributed by atoms with Gasteiger partial charge in [-0.3, -0.25) is 0 Å². The molecule has 0 aliphatic rings. The van der Waals surface area contributed by atoms with Gasteiger partial charge in [-0.1, -0.05) is 23.9 Å². The first-order valence-corrected chi connectivity index (χ1v) is 5.49. The fourth-order valence-corrected chi connectivity index (χ4v) is 2.14. The van der Waals surface area contributed by atoms with Gasteiger partial charge in [-0.2, -0.15) is 0 Å². The van der Waals surface area contributed by atoms with Crippen molar-refractivity contribution in [1.29, 1.82) is 0 Å². The van der Waals surface area contributed by atoms with Crippen LogP contribution >= 0.6 is 11.8 Å². The molecule has 1 heterocycles. The quantitative estimate of drug-likeness (QED) is 0.834. The number of hydrogen-bond acceptors (Lipinski definition) is 3. The molecule has 0 bridgehead atoms. The summed E-state index contributed by atoms with van der Waals surface area (Å²) >= 11 is 1.59. The summed E-state index contributed by atoms with van der Waals surface area (Å²) in [5.41, 5.74) is 2.10. The molecular weight excluding hydrogens is 208 g/mol. The number of rotatable bonds is 3. The van der Waals surface area contributed by atoms with E-state index in [2.05, 4.69) is 9.97 Å². The molecule has 1 aromatic carbocycles. The maximum atomic E-state index is 8.98. The van der Waals surface area contributed by atoms with Gasteiger partial charge >= 0.3 is 0 Å². The Morgan fingerprint density at radius 3 is 2.93 bits per heavy atom. The van der Waals surface area contributed by atoms with Crippen molar-refractivity contribution < 1.29 is 5.11 Å². The largest absolute Gasteiger partial charge is 0.392 e. The molecule has 0 aliphatic carbocycles. The third-order valence-corrected chi connectivity index (χ3v) is 3.20. The molecule has 2 rings (SSSR count). The maximum absolute atomic E-state index is 8.98. The number of benzene rings is 1. The molecule has 4 heteroatoms. The number of aryl methyl sites for hydroxylation is 1. The number of nitrogens with one attached hydrogen (secondary N) is 1. The van der Waals surface area contributed by atoms with Crippen molar-refractivity contribution in [3.05, 3.63) is 41.7 Å². The van der Waals surface area contributed by atoms with E-state index in [0.717, 1.165) is 21.2 Å². The number of aliphatic hydroxyl groups excluding tert-OH is 1. The molecule has 2 aromatic rings. The van der Waals surface area contributed by atoms with Crippen molar-refractivity contribution in [3.63, 3.8) is 0 Å². The molecule has 78 valence electrons. The van der Waals surface area contributed by atoms with Gasteiger partial charge in [0.1, 0.15) is 0 Å². The summed E-state index contributed by atoms with van der Waals surface area (Å²) in [6, 6.07) is 5.93. The van der Waals surface area contributed by atoms with Gasteiger partial charge in [0, 0.05) is 17.3 Å². The molecule has 0 spiro atoms. The van der Waals surface area contributed by atoms with Gasteiger partial charge in [0.2, 0.25) is 0 Å². The van der Waals surface area contributed by atoms with E-state index in [9.17, 15) is 0 Å². The Bertz CT molecular complexity index is 440.